The lowest BCUT2D eigenvalue weighted by molar-refractivity contribution is 0.295. The highest BCUT2D eigenvalue weighted by molar-refractivity contribution is 7.99. The molecule has 1 heterocycles. The topological polar surface area (TPSA) is 35.2 Å². The third-order valence-corrected chi connectivity index (χ3v) is 3.48. The molecule has 1 atom stereocenters. The van der Waals surface area contributed by atoms with E-state index < -0.39 is 0 Å². The van der Waals surface area contributed by atoms with Crippen LogP contribution in [0.25, 0.3) is 0 Å². The van der Waals surface area contributed by atoms with E-state index in [2.05, 4.69) is 13.0 Å². The molecule has 1 aliphatic heterocycles. The minimum Gasteiger partial charge on any atom is -0.491 e. The van der Waals surface area contributed by atoms with Gasteiger partial charge in [-0.3, -0.25) is 0 Å². The second-order valence-corrected chi connectivity index (χ2v) is 4.31. The lowest BCUT2D eigenvalue weighted by atomic mass is 10.2. The van der Waals surface area contributed by atoms with E-state index in [0.29, 0.717) is 6.61 Å². The number of hydrogen-bond acceptors (Lipinski definition) is 3. The van der Waals surface area contributed by atoms with Crippen molar-refractivity contribution in [2.75, 3.05) is 12.4 Å². The van der Waals surface area contributed by atoms with Crippen LogP contribution >= 0.6 is 11.8 Å². The SMILES string of the molecule is Cc1cccc2c1SCC(N)CO2. The Labute approximate surface area is 82.5 Å². The van der Waals surface area contributed by atoms with Gasteiger partial charge in [0.2, 0.25) is 0 Å². The van der Waals surface area contributed by atoms with Crippen molar-refractivity contribution in [2.24, 2.45) is 5.73 Å². The summed E-state index contributed by atoms with van der Waals surface area (Å²) in [5.74, 6) is 1.93. The predicted molar refractivity (Wildman–Crippen MR) is 55.4 cm³/mol. The first-order valence-electron chi connectivity index (χ1n) is 4.38. The number of nitrogens with two attached hydrogens (primary N) is 1. The molecule has 1 aromatic carbocycles. The van der Waals surface area contributed by atoms with Gasteiger partial charge in [0.05, 0.1) is 4.90 Å². The third kappa shape index (κ3) is 1.81. The van der Waals surface area contributed by atoms with E-state index >= 15 is 0 Å². The quantitative estimate of drug-likeness (QED) is 0.685. The molecule has 70 valence electrons. The normalized spacial score (nSPS) is 21.5. The molecule has 1 aliphatic rings. The maximum absolute atomic E-state index is 5.82. The van der Waals surface area contributed by atoms with Crippen LogP contribution in [0, 0.1) is 6.92 Å². The Morgan fingerprint density at radius 1 is 1.54 bits per heavy atom. The van der Waals surface area contributed by atoms with E-state index in [1.54, 1.807) is 11.8 Å². The van der Waals surface area contributed by atoms with Crippen molar-refractivity contribution in [2.45, 2.75) is 17.9 Å². The maximum Gasteiger partial charge on any atom is 0.133 e. The van der Waals surface area contributed by atoms with Crippen molar-refractivity contribution in [1.29, 1.82) is 0 Å². The predicted octanol–water partition coefficient (Wildman–Crippen LogP) is 1.81. The van der Waals surface area contributed by atoms with Gasteiger partial charge in [-0.15, -0.1) is 11.8 Å². The lowest BCUT2D eigenvalue weighted by Crippen LogP contribution is -2.28. The van der Waals surface area contributed by atoms with E-state index in [4.69, 9.17) is 10.5 Å². The first kappa shape index (κ1) is 8.91. The summed E-state index contributed by atoms with van der Waals surface area (Å²) in [6.45, 7) is 2.73. The Balaban J connectivity index is 2.35. The number of benzene rings is 1. The van der Waals surface area contributed by atoms with Crippen molar-refractivity contribution in [3.63, 3.8) is 0 Å². The van der Waals surface area contributed by atoms with E-state index in [-0.39, 0.29) is 6.04 Å². The summed E-state index contributed by atoms with van der Waals surface area (Å²) in [6.07, 6.45) is 0. The number of hydrogen-bond donors (Lipinski definition) is 1. The minimum absolute atomic E-state index is 0.150. The molecule has 2 N–H and O–H groups in total. The van der Waals surface area contributed by atoms with E-state index in [1.807, 2.05) is 12.1 Å². The average Bonchev–Trinajstić information content (AvgIpc) is 2.30. The van der Waals surface area contributed by atoms with Crippen LogP contribution in [0.15, 0.2) is 23.1 Å². The van der Waals surface area contributed by atoms with Gasteiger partial charge in [0.25, 0.3) is 0 Å². The van der Waals surface area contributed by atoms with Crippen molar-refractivity contribution in [3.05, 3.63) is 23.8 Å². The first-order valence-corrected chi connectivity index (χ1v) is 5.37. The summed E-state index contributed by atoms with van der Waals surface area (Å²) in [5.41, 5.74) is 7.09. The molecule has 0 saturated carbocycles. The van der Waals surface area contributed by atoms with E-state index in [0.717, 1.165) is 11.5 Å². The summed E-state index contributed by atoms with van der Waals surface area (Å²) < 4.78 is 5.60. The second-order valence-electron chi connectivity index (χ2n) is 3.28. The van der Waals surface area contributed by atoms with E-state index in [1.165, 1.54) is 10.5 Å². The number of fused-ring (bicyclic) bond motifs is 1. The van der Waals surface area contributed by atoms with Crippen molar-refractivity contribution >= 4 is 11.8 Å². The summed E-state index contributed by atoms with van der Waals surface area (Å²) >= 11 is 1.79. The number of thioether (sulfide) groups is 1. The molecule has 1 aromatic rings. The molecule has 0 saturated heterocycles. The average molecular weight is 195 g/mol. The second kappa shape index (κ2) is 3.60. The van der Waals surface area contributed by atoms with Crippen molar-refractivity contribution < 1.29 is 4.74 Å². The van der Waals surface area contributed by atoms with Gasteiger partial charge in [0, 0.05) is 11.8 Å². The molecule has 0 radical (unpaired) electrons. The van der Waals surface area contributed by atoms with Crippen LogP contribution in [0.2, 0.25) is 0 Å². The lowest BCUT2D eigenvalue weighted by Gasteiger charge is -2.08. The standard InChI is InChI=1S/C10H13NOS/c1-7-3-2-4-9-10(7)13-6-8(11)5-12-9/h2-4,8H,5-6,11H2,1H3. The minimum atomic E-state index is 0.150. The monoisotopic (exact) mass is 195 g/mol. The van der Waals surface area contributed by atoms with Gasteiger partial charge in [-0.25, -0.2) is 0 Å². The molecule has 0 amide bonds. The van der Waals surface area contributed by atoms with E-state index in [9.17, 15) is 0 Å². The fourth-order valence-electron chi connectivity index (χ4n) is 1.36. The van der Waals surface area contributed by atoms with Crippen LogP contribution in [-0.2, 0) is 0 Å². The number of aryl methyl sites for hydroxylation is 1. The van der Waals surface area contributed by atoms with Gasteiger partial charge in [0.15, 0.2) is 0 Å². The zero-order valence-electron chi connectivity index (χ0n) is 7.62. The Morgan fingerprint density at radius 2 is 2.38 bits per heavy atom. The molecule has 0 spiro atoms. The molecular formula is C10H13NOS. The summed E-state index contributed by atoms with van der Waals surface area (Å²) in [7, 11) is 0. The van der Waals surface area contributed by atoms with Crippen molar-refractivity contribution in [1.82, 2.24) is 0 Å². The van der Waals surface area contributed by atoms with Crippen LogP contribution in [0.3, 0.4) is 0 Å². The Bertz CT molecular complexity index is 314. The zero-order chi connectivity index (χ0) is 9.26. The highest BCUT2D eigenvalue weighted by atomic mass is 32.2. The molecule has 2 nitrogen and oxygen atoms in total. The molecule has 0 bridgehead atoms. The highest BCUT2D eigenvalue weighted by Crippen LogP contribution is 2.34. The molecule has 0 aromatic heterocycles. The maximum atomic E-state index is 5.82. The zero-order valence-corrected chi connectivity index (χ0v) is 8.43. The molecule has 13 heavy (non-hydrogen) atoms. The van der Waals surface area contributed by atoms with Gasteiger partial charge in [-0.1, -0.05) is 12.1 Å². The van der Waals surface area contributed by atoms with Crippen LogP contribution in [-0.4, -0.2) is 18.4 Å². The smallest absolute Gasteiger partial charge is 0.133 e. The Kier molecular flexibility index (Phi) is 2.47. The van der Waals surface area contributed by atoms with Gasteiger partial charge < -0.3 is 10.5 Å². The highest BCUT2D eigenvalue weighted by Gasteiger charge is 2.15. The Hall–Kier alpha value is -0.670. The van der Waals surface area contributed by atoms with Crippen LogP contribution in [0.4, 0.5) is 0 Å². The Morgan fingerprint density at radius 3 is 3.23 bits per heavy atom. The third-order valence-electron chi connectivity index (χ3n) is 2.07. The fraction of sp³-hybridized carbons (Fsp3) is 0.400. The van der Waals surface area contributed by atoms with Crippen molar-refractivity contribution in [3.8, 4) is 5.75 Å². The van der Waals surface area contributed by atoms with Gasteiger partial charge in [0.1, 0.15) is 12.4 Å². The molecule has 3 heteroatoms. The largest absolute Gasteiger partial charge is 0.491 e. The van der Waals surface area contributed by atoms with Gasteiger partial charge in [-0.05, 0) is 18.6 Å². The molecule has 1 unspecified atom stereocenters. The van der Waals surface area contributed by atoms with Gasteiger partial charge in [-0.2, -0.15) is 0 Å². The van der Waals surface area contributed by atoms with Crippen LogP contribution in [0.5, 0.6) is 5.75 Å². The molecule has 2 rings (SSSR count). The molecule has 0 aliphatic carbocycles. The fourth-order valence-corrected chi connectivity index (χ4v) is 2.40. The first-order chi connectivity index (χ1) is 6.27. The van der Waals surface area contributed by atoms with Crippen LogP contribution < -0.4 is 10.5 Å². The van der Waals surface area contributed by atoms with Gasteiger partial charge >= 0.3 is 0 Å². The molecular weight excluding hydrogens is 182 g/mol. The summed E-state index contributed by atoms with van der Waals surface area (Å²) in [6, 6.07) is 6.28. The summed E-state index contributed by atoms with van der Waals surface area (Å²) in [4.78, 5) is 1.25. The number of ether oxygens (including phenoxy) is 1. The number of rotatable bonds is 0. The summed E-state index contributed by atoms with van der Waals surface area (Å²) in [5, 5.41) is 0. The molecule has 0 fully saturated rings. The van der Waals surface area contributed by atoms with Crippen LogP contribution in [0.1, 0.15) is 5.56 Å².